The van der Waals surface area contributed by atoms with Gasteiger partial charge in [0.2, 0.25) is 0 Å². The summed E-state index contributed by atoms with van der Waals surface area (Å²) in [7, 11) is 0. The van der Waals surface area contributed by atoms with E-state index in [0.29, 0.717) is 0 Å². The van der Waals surface area contributed by atoms with E-state index in [2.05, 4.69) is 12.2 Å². The SMILES string of the molecule is CCCCNC(=O)C1=CSCCS1. The molecule has 1 aliphatic rings. The molecule has 1 N–H and O–H groups in total. The average Bonchev–Trinajstić information content (AvgIpc) is 2.19. The fourth-order valence-corrected chi connectivity index (χ4v) is 2.95. The molecule has 0 unspecified atom stereocenters. The Morgan fingerprint density at radius 3 is 3.08 bits per heavy atom. The van der Waals surface area contributed by atoms with Crippen LogP contribution in [0.3, 0.4) is 0 Å². The van der Waals surface area contributed by atoms with Gasteiger partial charge in [-0.1, -0.05) is 13.3 Å². The van der Waals surface area contributed by atoms with Gasteiger partial charge in [0.25, 0.3) is 5.91 Å². The standard InChI is InChI=1S/C9H15NOS2/c1-2-3-4-10-9(11)8-7-12-5-6-13-8/h7H,2-6H2,1H3,(H,10,11). The molecule has 0 atom stereocenters. The quantitative estimate of drug-likeness (QED) is 0.732. The Kier molecular flexibility index (Phi) is 5.39. The van der Waals surface area contributed by atoms with E-state index in [9.17, 15) is 4.79 Å². The molecule has 1 aliphatic heterocycles. The van der Waals surface area contributed by atoms with Crippen molar-refractivity contribution in [1.29, 1.82) is 0 Å². The van der Waals surface area contributed by atoms with Crippen molar-refractivity contribution in [2.75, 3.05) is 18.1 Å². The predicted molar refractivity (Wildman–Crippen MR) is 60.9 cm³/mol. The Bertz CT molecular complexity index is 204. The molecule has 0 spiro atoms. The summed E-state index contributed by atoms with van der Waals surface area (Å²) in [4.78, 5) is 12.3. The van der Waals surface area contributed by atoms with Gasteiger partial charge in [-0.05, 0) is 11.8 Å². The summed E-state index contributed by atoms with van der Waals surface area (Å²) >= 11 is 3.38. The van der Waals surface area contributed by atoms with Crippen LogP contribution in [0.5, 0.6) is 0 Å². The highest BCUT2D eigenvalue weighted by atomic mass is 32.2. The first-order chi connectivity index (χ1) is 6.34. The van der Waals surface area contributed by atoms with Crippen molar-refractivity contribution in [3.8, 4) is 0 Å². The van der Waals surface area contributed by atoms with Gasteiger partial charge in [-0.15, -0.1) is 23.5 Å². The molecule has 0 fully saturated rings. The molecule has 0 saturated carbocycles. The molecule has 0 aromatic heterocycles. The van der Waals surface area contributed by atoms with E-state index in [4.69, 9.17) is 0 Å². The van der Waals surface area contributed by atoms with Crippen molar-refractivity contribution in [2.45, 2.75) is 19.8 Å². The predicted octanol–water partition coefficient (Wildman–Crippen LogP) is 2.22. The summed E-state index contributed by atoms with van der Waals surface area (Å²) < 4.78 is 0. The van der Waals surface area contributed by atoms with E-state index in [0.717, 1.165) is 35.8 Å². The maximum Gasteiger partial charge on any atom is 0.258 e. The molecule has 4 heteroatoms. The van der Waals surface area contributed by atoms with Gasteiger partial charge in [-0.2, -0.15) is 0 Å². The Morgan fingerprint density at radius 2 is 2.46 bits per heavy atom. The number of nitrogens with one attached hydrogen (secondary N) is 1. The largest absolute Gasteiger partial charge is 0.352 e. The van der Waals surface area contributed by atoms with Crippen molar-refractivity contribution in [2.24, 2.45) is 0 Å². The second-order valence-corrected chi connectivity index (χ2v) is 4.92. The minimum Gasteiger partial charge on any atom is -0.352 e. The molecule has 0 saturated heterocycles. The van der Waals surface area contributed by atoms with Gasteiger partial charge in [0.05, 0.1) is 4.91 Å². The van der Waals surface area contributed by atoms with Gasteiger partial charge in [-0.3, -0.25) is 4.79 Å². The third-order valence-electron chi connectivity index (χ3n) is 1.69. The zero-order chi connectivity index (χ0) is 9.52. The summed E-state index contributed by atoms with van der Waals surface area (Å²) in [5.41, 5.74) is 0. The number of unbranched alkanes of at least 4 members (excludes halogenated alkanes) is 1. The first kappa shape index (κ1) is 11.0. The van der Waals surface area contributed by atoms with E-state index >= 15 is 0 Å². The smallest absolute Gasteiger partial charge is 0.258 e. The lowest BCUT2D eigenvalue weighted by Gasteiger charge is -2.11. The van der Waals surface area contributed by atoms with Crippen molar-refractivity contribution in [1.82, 2.24) is 5.32 Å². The minimum absolute atomic E-state index is 0.102. The first-order valence-electron chi connectivity index (χ1n) is 4.57. The van der Waals surface area contributed by atoms with Crippen LogP contribution < -0.4 is 5.32 Å². The van der Waals surface area contributed by atoms with Gasteiger partial charge >= 0.3 is 0 Å². The fraction of sp³-hybridized carbons (Fsp3) is 0.667. The summed E-state index contributed by atoms with van der Waals surface area (Å²) in [5.74, 6) is 2.28. The average molecular weight is 217 g/mol. The fourth-order valence-electron chi connectivity index (χ4n) is 0.953. The van der Waals surface area contributed by atoms with Gasteiger partial charge < -0.3 is 5.32 Å². The molecule has 0 aromatic rings. The molecule has 0 bridgehead atoms. The van der Waals surface area contributed by atoms with Crippen molar-refractivity contribution in [3.63, 3.8) is 0 Å². The molecule has 0 aromatic carbocycles. The lowest BCUT2D eigenvalue weighted by atomic mass is 10.3. The third-order valence-corrected chi connectivity index (χ3v) is 3.96. The topological polar surface area (TPSA) is 29.1 Å². The van der Waals surface area contributed by atoms with Crippen LogP contribution in [0, 0.1) is 0 Å². The van der Waals surface area contributed by atoms with Crippen LogP contribution in [0.15, 0.2) is 10.3 Å². The molecule has 74 valence electrons. The van der Waals surface area contributed by atoms with Gasteiger partial charge in [-0.25, -0.2) is 0 Å². The zero-order valence-corrected chi connectivity index (χ0v) is 9.47. The number of amides is 1. The minimum atomic E-state index is 0.102. The highest BCUT2D eigenvalue weighted by molar-refractivity contribution is 8.10. The summed E-state index contributed by atoms with van der Waals surface area (Å²) in [6.07, 6.45) is 2.19. The highest BCUT2D eigenvalue weighted by Gasteiger charge is 2.11. The maximum absolute atomic E-state index is 11.5. The van der Waals surface area contributed by atoms with Gasteiger partial charge in [0, 0.05) is 18.1 Å². The second-order valence-electron chi connectivity index (χ2n) is 2.81. The van der Waals surface area contributed by atoms with Gasteiger partial charge in [0.15, 0.2) is 0 Å². The number of thioether (sulfide) groups is 2. The van der Waals surface area contributed by atoms with Crippen LogP contribution >= 0.6 is 23.5 Å². The van der Waals surface area contributed by atoms with E-state index < -0.39 is 0 Å². The molecule has 13 heavy (non-hydrogen) atoms. The normalized spacial score (nSPS) is 16.5. The molecule has 0 aliphatic carbocycles. The Balaban J connectivity index is 2.25. The van der Waals surface area contributed by atoms with Gasteiger partial charge in [0.1, 0.15) is 0 Å². The van der Waals surface area contributed by atoms with Crippen LogP contribution in [-0.4, -0.2) is 24.0 Å². The molecule has 1 rings (SSSR count). The second kappa shape index (κ2) is 6.38. The van der Waals surface area contributed by atoms with E-state index in [1.165, 1.54) is 0 Å². The Labute approximate surface area is 87.9 Å². The summed E-state index contributed by atoms with van der Waals surface area (Å²) in [6.45, 7) is 2.93. The third kappa shape index (κ3) is 4.09. The summed E-state index contributed by atoms with van der Waals surface area (Å²) in [6, 6.07) is 0. The number of rotatable bonds is 4. The first-order valence-corrected chi connectivity index (χ1v) is 6.60. The number of carbonyl (C=O) groups is 1. The molecule has 0 radical (unpaired) electrons. The Morgan fingerprint density at radius 1 is 1.62 bits per heavy atom. The summed E-state index contributed by atoms with van der Waals surface area (Å²) in [5, 5.41) is 4.88. The molecular weight excluding hydrogens is 202 g/mol. The van der Waals surface area contributed by atoms with E-state index in [-0.39, 0.29) is 5.91 Å². The van der Waals surface area contributed by atoms with E-state index in [1.807, 2.05) is 5.41 Å². The monoisotopic (exact) mass is 217 g/mol. The highest BCUT2D eigenvalue weighted by Crippen LogP contribution is 2.26. The van der Waals surface area contributed by atoms with Crippen LogP contribution in [-0.2, 0) is 4.79 Å². The molecule has 1 heterocycles. The van der Waals surface area contributed by atoms with Crippen LogP contribution in [0.2, 0.25) is 0 Å². The maximum atomic E-state index is 11.5. The number of carbonyl (C=O) groups excluding carboxylic acids is 1. The molecular formula is C9H15NOS2. The van der Waals surface area contributed by atoms with Crippen molar-refractivity contribution < 1.29 is 4.79 Å². The van der Waals surface area contributed by atoms with Crippen molar-refractivity contribution >= 4 is 29.4 Å². The molecule has 2 nitrogen and oxygen atoms in total. The van der Waals surface area contributed by atoms with Crippen LogP contribution in [0.1, 0.15) is 19.8 Å². The van der Waals surface area contributed by atoms with Crippen LogP contribution in [0.25, 0.3) is 0 Å². The number of hydrogen-bond acceptors (Lipinski definition) is 3. The zero-order valence-electron chi connectivity index (χ0n) is 7.84. The lowest BCUT2D eigenvalue weighted by molar-refractivity contribution is -0.116. The Hall–Kier alpha value is -0.0900. The van der Waals surface area contributed by atoms with Crippen molar-refractivity contribution in [3.05, 3.63) is 10.3 Å². The number of hydrogen-bond donors (Lipinski definition) is 1. The molecule has 1 amide bonds. The van der Waals surface area contributed by atoms with Crippen LogP contribution in [0.4, 0.5) is 0 Å². The lowest BCUT2D eigenvalue weighted by Crippen LogP contribution is -2.25. The van der Waals surface area contributed by atoms with E-state index in [1.54, 1.807) is 23.5 Å².